The number of aromatic nitrogens is 1. The Labute approximate surface area is 80.1 Å². The van der Waals surface area contributed by atoms with Gasteiger partial charge in [-0.1, -0.05) is 5.92 Å². The summed E-state index contributed by atoms with van der Waals surface area (Å²) in [6, 6.07) is 3.67. The molecule has 1 heterocycles. The Kier molecular flexibility index (Phi) is 3.12. The summed E-state index contributed by atoms with van der Waals surface area (Å²) in [5, 5.41) is 0. The molecule has 1 unspecified atom stereocenters. The SMILES string of the molecule is C#CC(C)Oc1ncccc1Br. The Morgan fingerprint density at radius 2 is 2.50 bits per heavy atom. The number of pyridine rings is 1. The molecule has 0 amide bonds. The number of ether oxygens (including phenoxy) is 1. The molecule has 1 rings (SSSR count). The molecule has 0 spiro atoms. The van der Waals surface area contributed by atoms with Gasteiger partial charge in [0.1, 0.15) is 0 Å². The van der Waals surface area contributed by atoms with E-state index in [0.29, 0.717) is 5.88 Å². The third kappa shape index (κ3) is 2.24. The lowest BCUT2D eigenvalue weighted by Gasteiger charge is -2.08. The van der Waals surface area contributed by atoms with E-state index in [2.05, 4.69) is 26.8 Å². The largest absolute Gasteiger partial charge is 0.461 e. The second-order valence-electron chi connectivity index (χ2n) is 2.22. The molecule has 0 saturated heterocycles. The topological polar surface area (TPSA) is 22.1 Å². The summed E-state index contributed by atoms with van der Waals surface area (Å²) in [6.07, 6.45) is 6.55. The van der Waals surface area contributed by atoms with E-state index in [-0.39, 0.29) is 6.10 Å². The third-order valence-electron chi connectivity index (χ3n) is 1.25. The highest BCUT2D eigenvalue weighted by molar-refractivity contribution is 9.10. The second kappa shape index (κ2) is 4.13. The van der Waals surface area contributed by atoms with Crippen molar-refractivity contribution >= 4 is 15.9 Å². The monoisotopic (exact) mass is 225 g/mol. The molecule has 0 aliphatic carbocycles. The average molecular weight is 226 g/mol. The van der Waals surface area contributed by atoms with Crippen molar-refractivity contribution in [3.05, 3.63) is 22.8 Å². The molecule has 3 heteroatoms. The standard InChI is InChI=1S/C9H8BrNO/c1-3-7(2)12-9-8(10)5-4-6-11-9/h1,4-7H,2H3. The number of terminal acetylenes is 1. The van der Waals surface area contributed by atoms with Crippen LogP contribution in [0.5, 0.6) is 5.88 Å². The van der Waals surface area contributed by atoms with Crippen LogP contribution in [0.15, 0.2) is 22.8 Å². The van der Waals surface area contributed by atoms with E-state index in [9.17, 15) is 0 Å². The van der Waals surface area contributed by atoms with E-state index < -0.39 is 0 Å². The summed E-state index contributed by atoms with van der Waals surface area (Å²) >= 11 is 3.30. The van der Waals surface area contributed by atoms with Crippen LogP contribution in [-0.4, -0.2) is 11.1 Å². The molecular weight excluding hydrogens is 218 g/mol. The van der Waals surface area contributed by atoms with Gasteiger partial charge in [0.05, 0.1) is 4.47 Å². The van der Waals surface area contributed by atoms with Crippen molar-refractivity contribution < 1.29 is 4.74 Å². The molecule has 0 aliphatic heterocycles. The highest BCUT2D eigenvalue weighted by Gasteiger charge is 2.03. The maximum atomic E-state index is 5.30. The van der Waals surface area contributed by atoms with Crippen LogP contribution in [0.1, 0.15) is 6.92 Å². The summed E-state index contributed by atoms with van der Waals surface area (Å²) in [5.74, 6) is 2.99. The molecule has 12 heavy (non-hydrogen) atoms. The minimum atomic E-state index is -0.254. The first-order chi connectivity index (χ1) is 5.74. The van der Waals surface area contributed by atoms with Crippen LogP contribution >= 0.6 is 15.9 Å². The lowest BCUT2D eigenvalue weighted by molar-refractivity contribution is 0.266. The summed E-state index contributed by atoms with van der Waals surface area (Å²) in [4.78, 5) is 4.00. The van der Waals surface area contributed by atoms with E-state index in [1.165, 1.54) is 0 Å². The van der Waals surface area contributed by atoms with Gasteiger partial charge in [-0.3, -0.25) is 0 Å². The highest BCUT2D eigenvalue weighted by Crippen LogP contribution is 2.21. The Morgan fingerprint density at radius 3 is 3.08 bits per heavy atom. The number of halogens is 1. The third-order valence-corrected chi connectivity index (χ3v) is 1.85. The zero-order valence-corrected chi connectivity index (χ0v) is 8.21. The first-order valence-electron chi connectivity index (χ1n) is 3.47. The predicted octanol–water partition coefficient (Wildman–Crippen LogP) is 2.24. The molecule has 0 aliphatic rings. The molecule has 0 fully saturated rings. The van der Waals surface area contributed by atoms with Crippen LogP contribution in [0.25, 0.3) is 0 Å². The maximum absolute atomic E-state index is 5.30. The second-order valence-corrected chi connectivity index (χ2v) is 3.07. The van der Waals surface area contributed by atoms with Crippen LogP contribution in [-0.2, 0) is 0 Å². The van der Waals surface area contributed by atoms with E-state index >= 15 is 0 Å². The molecule has 1 atom stereocenters. The number of nitrogens with zero attached hydrogens (tertiary/aromatic N) is 1. The van der Waals surface area contributed by atoms with Gasteiger partial charge in [-0.2, -0.15) is 0 Å². The average Bonchev–Trinajstić information content (AvgIpc) is 2.09. The fourth-order valence-corrected chi connectivity index (χ4v) is 1.01. The molecule has 0 bridgehead atoms. The number of rotatable bonds is 2. The number of hydrogen-bond acceptors (Lipinski definition) is 2. The van der Waals surface area contributed by atoms with Gasteiger partial charge in [0.15, 0.2) is 6.10 Å². The molecule has 0 saturated carbocycles. The van der Waals surface area contributed by atoms with Gasteiger partial charge < -0.3 is 4.74 Å². The van der Waals surface area contributed by atoms with Gasteiger partial charge in [-0.05, 0) is 35.0 Å². The van der Waals surface area contributed by atoms with Crippen molar-refractivity contribution in [3.63, 3.8) is 0 Å². The normalized spacial score (nSPS) is 11.8. The van der Waals surface area contributed by atoms with Crippen LogP contribution in [0, 0.1) is 12.3 Å². The van der Waals surface area contributed by atoms with E-state index in [1.54, 1.807) is 13.1 Å². The minimum absolute atomic E-state index is 0.254. The quantitative estimate of drug-likeness (QED) is 0.721. The Balaban J connectivity index is 2.77. The Morgan fingerprint density at radius 1 is 1.75 bits per heavy atom. The first-order valence-corrected chi connectivity index (χ1v) is 4.26. The smallest absolute Gasteiger partial charge is 0.229 e. The van der Waals surface area contributed by atoms with Crippen molar-refractivity contribution in [1.29, 1.82) is 0 Å². The first kappa shape index (κ1) is 9.08. The molecule has 0 radical (unpaired) electrons. The van der Waals surface area contributed by atoms with Gasteiger partial charge in [-0.15, -0.1) is 6.42 Å². The van der Waals surface area contributed by atoms with Gasteiger partial charge in [-0.25, -0.2) is 4.98 Å². The van der Waals surface area contributed by atoms with Gasteiger partial charge in [0.2, 0.25) is 5.88 Å². The summed E-state index contributed by atoms with van der Waals surface area (Å²) in [6.45, 7) is 1.79. The number of hydrogen-bond donors (Lipinski definition) is 0. The minimum Gasteiger partial charge on any atom is -0.461 e. The molecule has 1 aromatic rings. The lowest BCUT2D eigenvalue weighted by Crippen LogP contribution is -2.09. The van der Waals surface area contributed by atoms with Crippen molar-refractivity contribution in [3.8, 4) is 18.2 Å². The molecular formula is C9H8BrNO. The van der Waals surface area contributed by atoms with Crippen molar-refractivity contribution in [2.45, 2.75) is 13.0 Å². The zero-order chi connectivity index (χ0) is 8.97. The van der Waals surface area contributed by atoms with Crippen molar-refractivity contribution in [1.82, 2.24) is 4.98 Å². The van der Waals surface area contributed by atoms with Crippen molar-refractivity contribution in [2.24, 2.45) is 0 Å². The van der Waals surface area contributed by atoms with Gasteiger partial charge in [0.25, 0.3) is 0 Å². The van der Waals surface area contributed by atoms with Gasteiger partial charge >= 0.3 is 0 Å². The predicted molar refractivity (Wildman–Crippen MR) is 50.9 cm³/mol. The summed E-state index contributed by atoms with van der Waals surface area (Å²) in [7, 11) is 0. The van der Waals surface area contributed by atoms with Crippen LogP contribution in [0.4, 0.5) is 0 Å². The van der Waals surface area contributed by atoms with E-state index in [1.807, 2.05) is 12.1 Å². The lowest BCUT2D eigenvalue weighted by atomic mass is 10.4. The van der Waals surface area contributed by atoms with E-state index in [0.717, 1.165) is 4.47 Å². The molecule has 62 valence electrons. The summed E-state index contributed by atoms with van der Waals surface area (Å²) in [5.41, 5.74) is 0. The molecule has 0 aromatic carbocycles. The fraction of sp³-hybridized carbons (Fsp3) is 0.222. The van der Waals surface area contributed by atoms with Gasteiger partial charge in [0, 0.05) is 6.20 Å². The Bertz CT molecular complexity index is 306. The maximum Gasteiger partial charge on any atom is 0.229 e. The molecule has 2 nitrogen and oxygen atoms in total. The van der Waals surface area contributed by atoms with Crippen LogP contribution < -0.4 is 4.74 Å². The van der Waals surface area contributed by atoms with Crippen molar-refractivity contribution in [2.75, 3.05) is 0 Å². The molecule has 1 aromatic heterocycles. The molecule has 0 N–H and O–H groups in total. The summed E-state index contributed by atoms with van der Waals surface area (Å²) < 4.78 is 6.11. The van der Waals surface area contributed by atoms with Crippen LogP contribution in [0.2, 0.25) is 0 Å². The highest BCUT2D eigenvalue weighted by atomic mass is 79.9. The van der Waals surface area contributed by atoms with Crippen LogP contribution in [0.3, 0.4) is 0 Å². The fourth-order valence-electron chi connectivity index (χ4n) is 0.659. The Hall–Kier alpha value is -1.01. The van der Waals surface area contributed by atoms with E-state index in [4.69, 9.17) is 11.2 Å². The zero-order valence-electron chi connectivity index (χ0n) is 6.62.